The van der Waals surface area contributed by atoms with E-state index in [0.29, 0.717) is 40.5 Å². The van der Waals surface area contributed by atoms with Crippen molar-refractivity contribution >= 4 is 11.7 Å². The van der Waals surface area contributed by atoms with Crippen LogP contribution in [0, 0.1) is 11.3 Å². The van der Waals surface area contributed by atoms with Crippen LogP contribution in [0.1, 0.15) is 31.8 Å². The molecule has 3 aromatic rings. The first-order valence-electron chi connectivity index (χ1n) is 11.3. The van der Waals surface area contributed by atoms with Gasteiger partial charge in [0.2, 0.25) is 11.3 Å². The fraction of sp³-hybridized carbons (Fsp3) is 0.250. The van der Waals surface area contributed by atoms with E-state index in [0.717, 1.165) is 5.56 Å². The standard InChI is InChI=1S/C28H26N2O6/c1-33-22-11-10-20(15-23(22)34-2)26(31)28(17-29)21-16-25(36-4)24(35-3)14-19(21)12-13-30(28)27(32)18-8-6-5-7-9-18/h5-11,14-16H,12-13H2,1-4H3. The number of nitriles is 1. The van der Waals surface area contributed by atoms with Crippen molar-refractivity contribution in [2.75, 3.05) is 35.0 Å². The van der Waals surface area contributed by atoms with Crippen LogP contribution in [0.3, 0.4) is 0 Å². The Balaban J connectivity index is 1.98. The van der Waals surface area contributed by atoms with Crippen LogP contribution in [0.5, 0.6) is 23.0 Å². The van der Waals surface area contributed by atoms with Crippen molar-refractivity contribution < 1.29 is 28.5 Å². The van der Waals surface area contributed by atoms with Gasteiger partial charge in [-0.25, -0.2) is 0 Å². The van der Waals surface area contributed by atoms with E-state index in [4.69, 9.17) is 18.9 Å². The molecule has 8 nitrogen and oxygen atoms in total. The predicted octanol–water partition coefficient (Wildman–Crippen LogP) is 4.02. The van der Waals surface area contributed by atoms with Crippen molar-refractivity contribution in [2.24, 2.45) is 0 Å². The summed E-state index contributed by atoms with van der Waals surface area (Å²) >= 11 is 0. The number of hydrogen-bond donors (Lipinski definition) is 0. The van der Waals surface area contributed by atoms with Crippen molar-refractivity contribution in [3.63, 3.8) is 0 Å². The van der Waals surface area contributed by atoms with Crippen molar-refractivity contribution in [1.29, 1.82) is 5.26 Å². The molecule has 0 aliphatic carbocycles. The Kier molecular flexibility index (Phi) is 6.84. The van der Waals surface area contributed by atoms with E-state index in [9.17, 15) is 14.9 Å². The molecule has 1 aliphatic heterocycles. The van der Waals surface area contributed by atoms with Crippen molar-refractivity contribution in [3.05, 3.63) is 82.9 Å². The topological polar surface area (TPSA) is 98.1 Å². The fourth-order valence-corrected chi connectivity index (χ4v) is 4.60. The molecule has 0 fully saturated rings. The van der Waals surface area contributed by atoms with Crippen molar-refractivity contribution in [2.45, 2.75) is 12.0 Å². The minimum absolute atomic E-state index is 0.156. The number of hydrogen-bond acceptors (Lipinski definition) is 7. The van der Waals surface area contributed by atoms with Crippen LogP contribution < -0.4 is 18.9 Å². The fourth-order valence-electron chi connectivity index (χ4n) is 4.60. The number of ketones is 1. The zero-order chi connectivity index (χ0) is 25.9. The first kappa shape index (κ1) is 24.6. The van der Waals surface area contributed by atoms with Gasteiger partial charge >= 0.3 is 0 Å². The Morgan fingerprint density at radius 1 is 0.806 bits per heavy atom. The lowest BCUT2D eigenvalue weighted by atomic mass is 9.75. The summed E-state index contributed by atoms with van der Waals surface area (Å²) in [7, 11) is 5.95. The highest BCUT2D eigenvalue weighted by atomic mass is 16.5. The highest BCUT2D eigenvalue weighted by Gasteiger charge is 2.52. The Morgan fingerprint density at radius 3 is 2.03 bits per heavy atom. The minimum Gasteiger partial charge on any atom is -0.493 e. The lowest BCUT2D eigenvalue weighted by molar-refractivity contribution is 0.0480. The number of carbonyl (C=O) groups excluding carboxylic acids is 2. The van der Waals surface area contributed by atoms with Crippen LogP contribution >= 0.6 is 0 Å². The lowest BCUT2D eigenvalue weighted by Gasteiger charge is -2.42. The second-order valence-corrected chi connectivity index (χ2v) is 8.16. The lowest BCUT2D eigenvalue weighted by Crippen LogP contribution is -2.57. The summed E-state index contributed by atoms with van der Waals surface area (Å²) in [6.07, 6.45) is 0.427. The van der Waals surface area contributed by atoms with Crippen LogP contribution in [0.15, 0.2) is 60.7 Å². The summed E-state index contributed by atoms with van der Waals surface area (Å²) in [5, 5.41) is 10.7. The summed E-state index contributed by atoms with van der Waals surface area (Å²) < 4.78 is 21.6. The third-order valence-electron chi connectivity index (χ3n) is 6.41. The molecule has 0 saturated carbocycles. The third kappa shape index (κ3) is 3.89. The molecule has 1 amide bonds. The third-order valence-corrected chi connectivity index (χ3v) is 6.41. The Morgan fingerprint density at radius 2 is 1.42 bits per heavy atom. The first-order valence-corrected chi connectivity index (χ1v) is 11.3. The maximum absolute atomic E-state index is 14.3. The summed E-state index contributed by atoms with van der Waals surface area (Å²) in [6, 6.07) is 18.9. The number of carbonyl (C=O) groups is 2. The highest BCUT2D eigenvalue weighted by Crippen LogP contribution is 2.44. The van der Waals surface area contributed by atoms with Crippen LogP contribution in [-0.4, -0.2) is 51.6 Å². The number of ether oxygens (including phenoxy) is 4. The van der Waals surface area contributed by atoms with E-state index in [1.807, 2.05) is 0 Å². The second kappa shape index (κ2) is 10.0. The average molecular weight is 487 g/mol. The van der Waals surface area contributed by atoms with Gasteiger partial charge in [-0.3, -0.25) is 9.59 Å². The monoisotopic (exact) mass is 486 g/mol. The molecule has 0 N–H and O–H groups in total. The molecule has 1 heterocycles. The number of benzene rings is 3. The summed E-state index contributed by atoms with van der Waals surface area (Å²) in [4.78, 5) is 29.4. The molecule has 3 aromatic carbocycles. The van der Waals surface area contributed by atoms with Crippen LogP contribution in [0.2, 0.25) is 0 Å². The molecule has 184 valence electrons. The number of amides is 1. The smallest absolute Gasteiger partial charge is 0.255 e. The number of methoxy groups -OCH3 is 4. The van der Waals surface area contributed by atoms with Gasteiger partial charge in [-0.1, -0.05) is 18.2 Å². The van der Waals surface area contributed by atoms with Gasteiger partial charge in [0.15, 0.2) is 23.0 Å². The van der Waals surface area contributed by atoms with E-state index in [1.165, 1.54) is 39.4 Å². The van der Waals surface area contributed by atoms with E-state index in [2.05, 4.69) is 6.07 Å². The molecule has 0 aromatic heterocycles. The van der Waals surface area contributed by atoms with Gasteiger partial charge in [0.25, 0.3) is 5.91 Å². The van der Waals surface area contributed by atoms with Gasteiger partial charge in [0, 0.05) is 23.2 Å². The molecule has 0 spiro atoms. The Labute approximate surface area is 209 Å². The normalized spacial score (nSPS) is 16.4. The van der Waals surface area contributed by atoms with Gasteiger partial charge in [-0.05, 0) is 54.4 Å². The van der Waals surface area contributed by atoms with Gasteiger partial charge in [-0.15, -0.1) is 0 Å². The van der Waals surface area contributed by atoms with Crippen LogP contribution in [0.4, 0.5) is 0 Å². The summed E-state index contributed by atoms with van der Waals surface area (Å²) in [5.41, 5.74) is -0.290. The number of rotatable bonds is 7. The molecule has 1 aliphatic rings. The van der Waals surface area contributed by atoms with Crippen LogP contribution in [0.25, 0.3) is 0 Å². The van der Waals surface area contributed by atoms with Crippen molar-refractivity contribution in [3.8, 4) is 29.1 Å². The Bertz CT molecular complexity index is 1350. The molecular formula is C28H26N2O6. The molecular weight excluding hydrogens is 460 g/mol. The predicted molar refractivity (Wildman–Crippen MR) is 132 cm³/mol. The highest BCUT2D eigenvalue weighted by molar-refractivity contribution is 6.10. The zero-order valence-electron chi connectivity index (χ0n) is 20.5. The van der Waals surface area contributed by atoms with Gasteiger partial charge in [0.1, 0.15) is 6.07 Å². The quantitative estimate of drug-likeness (QED) is 0.465. The molecule has 1 atom stereocenters. The SMILES string of the molecule is COc1ccc(C(=O)C2(C#N)c3cc(OC)c(OC)cc3CCN2C(=O)c2ccccc2)cc1OC. The Hall–Kier alpha value is -4.51. The minimum atomic E-state index is -1.96. The van der Waals surface area contributed by atoms with Crippen molar-refractivity contribution in [1.82, 2.24) is 4.90 Å². The van der Waals surface area contributed by atoms with E-state index < -0.39 is 17.2 Å². The van der Waals surface area contributed by atoms with Gasteiger partial charge in [0.05, 0.1) is 28.4 Å². The van der Waals surface area contributed by atoms with Gasteiger partial charge < -0.3 is 23.8 Å². The average Bonchev–Trinajstić information content (AvgIpc) is 2.94. The summed E-state index contributed by atoms with van der Waals surface area (Å²) in [5.74, 6) is 0.609. The van der Waals surface area contributed by atoms with E-state index in [1.54, 1.807) is 54.6 Å². The van der Waals surface area contributed by atoms with E-state index in [-0.39, 0.29) is 12.1 Å². The largest absolute Gasteiger partial charge is 0.493 e. The maximum Gasteiger partial charge on any atom is 0.255 e. The first-order chi connectivity index (χ1) is 17.4. The molecule has 4 rings (SSSR count). The number of fused-ring (bicyclic) bond motifs is 1. The maximum atomic E-state index is 14.3. The zero-order valence-corrected chi connectivity index (χ0v) is 20.5. The number of Topliss-reactive ketones (excluding diaryl/α,β-unsaturated/α-hetero) is 1. The number of nitrogens with zero attached hydrogens (tertiary/aromatic N) is 2. The molecule has 0 saturated heterocycles. The van der Waals surface area contributed by atoms with E-state index >= 15 is 0 Å². The van der Waals surface area contributed by atoms with Gasteiger partial charge in [-0.2, -0.15) is 5.26 Å². The molecule has 0 radical (unpaired) electrons. The summed E-state index contributed by atoms with van der Waals surface area (Å²) in [6.45, 7) is 0.156. The molecule has 1 unspecified atom stereocenters. The molecule has 8 heteroatoms. The van der Waals surface area contributed by atoms with Crippen LogP contribution in [-0.2, 0) is 12.0 Å². The molecule has 36 heavy (non-hydrogen) atoms. The molecule has 0 bridgehead atoms. The second-order valence-electron chi connectivity index (χ2n) is 8.16.